The summed E-state index contributed by atoms with van der Waals surface area (Å²) in [6, 6.07) is 7.62. The zero-order valence-corrected chi connectivity index (χ0v) is 12.5. The second-order valence-corrected chi connectivity index (χ2v) is 7.51. The average molecular weight is 307 g/mol. The summed E-state index contributed by atoms with van der Waals surface area (Å²) in [6.45, 7) is 1.83. The summed E-state index contributed by atoms with van der Waals surface area (Å²) >= 11 is 0. The number of hydrogen-bond donors (Lipinski definition) is 1. The highest BCUT2D eigenvalue weighted by Crippen LogP contribution is 2.20. The number of aryl methyl sites for hydroxylation is 1. The lowest BCUT2D eigenvalue weighted by Crippen LogP contribution is -2.34. The molecule has 1 aliphatic rings. The van der Waals surface area contributed by atoms with Gasteiger partial charge in [-0.05, 0) is 48.4 Å². The molecule has 2 aromatic rings. The number of anilines is 1. The molecule has 0 saturated carbocycles. The van der Waals surface area contributed by atoms with Crippen LogP contribution in [0.15, 0.2) is 24.3 Å². The van der Waals surface area contributed by atoms with Gasteiger partial charge in [-0.25, -0.2) is 8.42 Å². The molecule has 1 unspecified atom stereocenters. The van der Waals surface area contributed by atoms with Crippen molar-refractivity contribution in [1.82, 2.24) is 20.2 Å². The molecule has 1 saturated heterocycles. The third-order valence-electron chi connectivity index (χ3n) is 3.55. The number of rotatable bonds is 3. The van der Waals surface area contributed by atoms with Crippen LogP contribution in [0.1, 0.15) is 18.7 Å². The summed E-state index contributed by atoms with van der Waals surface area (Å²) in [6.07, 6.45) is 1.58. The highest BCUT2D eigenvalue weighted by atomic mass is 32.2. The van der Waals surface area contributed by atoms with Gasteiger partial charge in [0.05, 0.1) is 17.2 Å². The van der Waals surface area contributed by atoms with Gasteiger partial charge in [0.25, 0.3) is 0 Å². The van der Waals surface area contributed by atoms with Crippen LogP contribution in [-0.4, -0.2) is 46.2 Å². The molecule has 0 amide bonds. The first-order valence-electron chi connectivity index (χ1n) is 6.86. The van der Waals surface area contributed by atoms with Crippen LogP contribution in [0.4, 0.5) is 5.69 Å². The van der Waals surface area contributed by atoms with Crippen molar-refractivity contribution in [3.63, 3.8) is 0 Å². The fraction of sp³-hybridized carbons (Fsp3) is 0.462. The van der Waals surface area contributed by atoms with E-state index in [9.17, 15) is 8.42 Å². The third-order valence-corrected chi connectivity index (χ3v) is 5.37. The molecule has 0 radical (unpaired) electrons. The van der Waals surface area contributed by atoms with Gasteiger partial charge in [-0.1, -0.05) is 6.07 Å². The first-order chi connectivity index (χ1) is 10.0. The third kappa shape index (κ3) is 3.21. The molecule has 8 heteroatoms. The van der Waals surface area contributed by atoms with Crippen LogP contribution in [0.5, 0.6) is 0 Å². The van der Waals surface area contributed by atoms with Crippen molar-refractivity contribution in [2.45, 2.75) is 25.8 Å². The lowest BCUT2D eigenvalue weighted by molar-refractivity contribution is 0.562. The smallest absolute Gasteiger partial charge is 0.153 e. The van der Waals surface area contributed by atoms with Crippen molar-refractivity contribution in [2.24, 2.45) is 0 Å². The Bertz CT molecular complexity index is 741. The number of nitrogens with zero attached hydrogens (tertiary/aromatic N) is 4. The monoisotopic (exact) mass is 307 g/mol. The fourth-order valence-electron chi connectivity index (χ4n) is 2.57. The van der Waals surface area contributed by atoms with Gasteiger partial charge in [0.1, 0.15) is 0 Å². The van der Waals surface area contributed by atoms with Crippen LogP contribution in [0.3, 0.4) is 0 Å². The zero-order valence-electron chi connectivity index (χ0n) is 11.7. The van der Waals surface area contributed by atoms with Crippen LogP contribution in [0.2, 0.25) is 0 Å². The van der Waals surface area contributed by atoms with E-state index < -0.39 is 9.84 Å². The Kier molecular flexibility index (Phi) is 3.62. The summed E-state index contributed by atoms with van der Waals surface area (Å²) in [7, 11) is -2.91. The van der Waals surface area contributed by atoms with Crippen molar-refractivity contribution in [3.05, 3.63) is 30.1 Å². The summed E-state index contributed by atoms with van der Waals surface area (Å²) in [4.78, 5) is 0. The number of aromatic nitrogens is 4. The van der Waals surface area contributed by atoms with Crippen molar-refractivity contribution < 1.29 is 8.42 Å². The summed E-state index contributed by atoms with van der Waals surface area (Å²) in [5.41, 5.74) is 1.73. The molecule has 0 bridgehead atoms. The van der Waals surface area contributed by atoms with Crippen molar-refractivity contribution >= 4 is 15.5 Å². The molecule has 1 fully saturated rings. The molecule has 3 rings (SSSR count). The van der Waals surface area contributed by atoms with Gasteiger partial charge in [-0.3, -0.25) is 0 Å². The van der Waals surface area contributed by atoms with Crippen LogP contribution in [-0.2, 0) is 9.84 Å². The van der Waals surface area contributed by atoms with E-state index in [-0.39, 0.29) is 11.8 Å². The predicted molar refractivity (Wildman–Crippen MR) is 79.2 cm³/mol. The lowest BCUT2D eigenvalue weighted by atomic mass is 10.1. The van der Waals surface area contributed by atoms with E-state index in [0.717, 1.165) is 17.8 Å². The number of tetrazole rings is 1. The largest absolute Gasteiger partial charge is 0.381 e. The fourth-order valence-corrected chi connectivity index (χ4v) is 4.21. The minimum atomic E-state index is -2.91. The van der Waals surface area contributed by atoms with E-state index in [4.69, 9.17) is 0 Å². The molecule has 112 valence electrons. The van der Waals surface area contributed by atoms with E-state index >= 15 is 0 Å². The molecule has 1 aromatic heterocycles. The maximum atomic E-state index is 11.7. The Morgan fingerprint density at radius 2 is 2.24 bits per heavy atom. The van der Waals surface area contributed by atoms with E-state index in [1.165, 1.54) is 0 Å². The predicted octanol–water partition coefficient (Wildman–Crippen LogP) is 0.960. The van der Waals surface area contributed by atoms with Crippen LogP contribution in [0.25, 0.3) is 5.69 Å². The van der Waals surface area contributed by atoms with Crippen molar-refractivity contribution in [2.75, 3.05) is 16.8 Å². The molecule has 7 nitrogen and oxygen atoms in total. The molecule has 1 aliphatic heterocycles. The number of nitrogens with one attached hydrogen (secondary N) is 1. The standard InChI is InChI=1S/C13H17N5O2S/c1-10-15-16-17-18(10)13-6-2-4-11(8-13)14-12-5-3-7-21(19,20)9-12/h2,4,6,8,12,14H,3,5,7,9H2,1H3. The van der Waals surface area contributed by atoms with E-state index in [1.807, 2.05) is 31.2 Å². The van der Waals surface area contributed by atoms with Gasteiger partial charge in [0.15, 0.2) is 15.7 Å². The van der Waals surface area contributed by atoms with Gasteiger partial charge in [0.2, 0.25) is 0 Å². The molecule has 1 N–H and O–H groups in total. The number of sulfone groups is 1. The molecule has 0 aliphatic carbocycles. The van der Waals surface area contributed by atoms with Gasteiger partial charge in [-0.2, -0.15) is 4.68 Å². The summed E-state index contributed by atoms with van der Waals surface area (Å²) in [5, 5.41) is 14.7. The molecular weight excluding hydrogens is 290 g/mol. The van der Waals surface area contributed by atoms with E-state index in [0.29, 0.717) is 18.0 Å². The molecule has 1 aromatic carbocycles. The molecular formula is C13H17N5O2S. The lowest BCUT2D eigenvalue weighted by Gasteiger charge is -2.24. The second kappa shape index (κ2) is 5.44. The Balaban J connectivity index is 1.79. The average Bonchev–Trinajstić information content (AvgIpc) is 2.84. The Morgan fingerprint density at radius 1 is 1.38 bits per heavy atom. The van der Waals surface area contributed by atoms with Crippen molar-refractivity contribution in [1.29, 1.82) is 0 Å². The normalized spacial score (nSPS) is 21.1. The highest BCUT2D eigenvalue weighted by Gasteiger charge is 2.24. The van der Waals surface area contributed by atoms with Gasteiger partial charge in [0, 0.05) is 11.7 Å². The quantitative estimate of drug-likeness (QED) is 0.908. The Labute approximate surface area is 123 Å². The Morgan fingerprint density at radius 3 is 2.95 bits per heavy atom. The van der Waals surface area contributed by atoms with Crippen molar-refractivity contribution in [3.8, 4) is 5.69 Å². The SMILES string of the molecule is Cc1nnnn1-c1cccc(NC2CCCS(=O)(=O)C2)c1. The van der Waals surface area contributed by atoms with E-state index in [2.05, 4.69) is 20.8 Å². The van der Waals surface area contributed by atoms with Gasteiger partial charge in [-0.15, -0.1) is 5.10 Å². The first kappa shape index (κ1) is 14.0. The summed E-state index contributed by atoms with van der Waals surface area (Å²) in [5.74, 6) is 1.20. The highest BCUT2D eigenvalue weighted by molar-refractivity contribution is 7.91. The topological polar surface area (TPSA) is 89.8 Å². The van der Waals surface area contributed by atoms with Crippen LogP contribution >= 0.6 is 0 Å². The molecule has 0 spiro atoms. The molecule has 2 heterocycles. The van der Waals surface area contributed by atoms with Crippen LogP contribution < -0.4 is 5.32 Å². The Hall–Kier alpha value is -1.96. The van der Waals surface area contributed by atoms with E-state index in [1.54, 1.807) is 4.68 Å². The first-order valence-corrected chi connectivity index (χ1v) is 8.68. The molecule has 21 heavy (non-hydrogen) atoms. The minimum Gasteiger partial charge on any atom is -0.381 e. The van der Waals surface area contributed by atoms with Gasteiger partial charge >= 0.3 is 0 Å². The van der Waals surface area contributed by atoms with Crippen LogP contribution in [0, 0.1) is 6.92 Å². The zero-order chi connectivity index (χ0) is 14.9. The minimum absolute atomic E-state index is 0.0334. The summed E-state index contributed by atoms with van der Waals surface area (Å²) < 4.78 is 25.0. The number of benzene rings is 1. The van der Waals surface area contributed by atoms with Gasteiger partial charge < -0.3 is 5.32 Å². The maximum Gasteiger partial charge on any atom is 0.153 e. The molecule has 1 atom stereocenters. The second-order valence-electron chi connectivity index (χ2n) is 5.29. The number of hydrogen-bond acceptors (Lipinski definition) is 6. The maximum absolute atomic E-state index is 11.7.